The van der Waals surface area contributed by atoms with Gasteiger partial charge in [-0.05, 0) is 44.8 Å². The molecule has 0 aliphatic carbocycles. The van der Waals surface area contributed by atoms with Crippen molar-refractivity contribution >= 4 is 5.91 Å². The van der Waals surface area contributed by atoms with E-state index in [9.17, 15) is 13.6 Å². The van der Waals surface area contributed by atoms with Crippen LogP contribution in [0.5, 0.6) is 0 Å². The summed E-state index contributed by atoms with van der Waals surface area (Å²) < 4.78 is 26.7. The third kappa shape index (κ3) is 3.54. The van der Waals surface area contributed by atoms with Crippen molar-refractivity contribution in [1.29, 1.82) is 0 Å². The minimum absolute atomic E-state index is 0.0925. The third-order valence-electron chi connectivity index (χ3n) is 4.10. The Bertz CT molecular complexity index is 485. The first-order valence-corrected chi connectivity index (χ1v) is 6.94. The first-order chi connectivity index (χ1) is 9.47. The summed E-state index contributed by atoms with van der Waals surface area (Å²) in [6, 6.07) is 3.62. The lowest BCUT2D eigenvalue weighted by atomic mass is 9.91. The molecule has 110 valence electrons. The van der Waals surface area contributed by atoms with Gasteiger partial charge in [0.1, 0.15) is 11.6 Å². The van der Waals surface area contributed by atoms with Crippen LogP contribution >= 0.6 is 0 Å². The molecule has 1 aromatic rings. The summed E-state index contributed by atoms with van der Waals surface area (Å²) in [7, 11) is 0. The summed E-state index contributed by atoms with van der Waals surface area (Å²) in [4.78, 5) is 13.1. The molecule has 1 atom stereocenters. The Morgan fingerprint density at radius 1 is 1.40 bits per heavy atom. The summed E-state index contributed by atoms with van der Waals surface area (Å²) in [5, 5.41) is 0. The van der Waals surface area contributed by atoms with E-state index in [-0.39, 0.29) is 11.9 Å². The smallest absolute Gasteiger partial charge is 0.217 e. The second kappa shape index (κ2) is 6.31. The average molecular weight is 282 g/mol. The van der Waals surface area contributed by atoms with Crippen LogP contribution in [0.3, 0.4) is 0 Å². The molecular weight excluding hydrogens is 262 g/mol. The molecule has 20 heavy (non-hydrogen) atoms. The standard InChI is InChI=1S/C15H20F2N2O/c1-10(13-3-2-12(16)9-14(13)17)19-6-4-11(5-7-19)8-15(18)20/h2-3,9-11H,4-8H2,1H3,(H2,18,20). The van der Waals surface area contributed by atoms with Crippen molar-refractivity contribution in [3.8, 4) is 0 Å². The van der Waals surface area contributed by atoms with Gasteiger partial charge in [-0.15, -0.1) is 0 Å². The van der Waals surface area contributed by atoms with Crippen LogP contribution in [0.2, 0.25) is 0 Å². The number of likely N-dealkylation sites (tertiary alicyclic amines) is 1. The second-order valence-corrected chi connectivity index (χ2v) is 5.49. The van der Waals surface area contributed by atoms with E-state index in [1.165, 1.54) is 12.1 Å². The molecule has 1 fully saturated rings. The number of nitrogens with two attached hydrogens (primary N) is 1. The van der Waals surface area contributed by atoms with Gasteiger partial charge in [-0.25, -0.2) is 8.78 Å². The lowest BCUT2D eigenvalue weighted by Crippen LogP contribution is -2.37. The summed E-state index contributed by atoms with van der Waals surface area (Å²) in [5.74, 6) is -0.995. The minimum atomic E-state index is -0.557. The van der Waals surface area contributed by atoms with Crippen LogP contribution in [0, 0.1) is 17.6 Å². The number of nitrogens with zero attached hydrogens (tertiary/aromatic N) is 1. The maximum atomic E-state index is 13.8. The van der Waals surface area contributed by atoms with Gasteiger partial charge in [0, 0.05) is 24.1 Å². The SMILES string of the molecule is CC(c1ccc(F)cc1F)N1CCC(CC(N)=O)CC1. The molecule has 1 unspecified atom stereocenters. The van der Waals surface area contributed by atoms with Gasteiger partial charge in [0.05, 0.1) is 0 Å². The number of rotatable bonds is 4. The highest BCUT2D eigenvalue weighted by Gasteiger charge is 2.25. The molecule has 0 aromatic heterocycles. The van der Waals surface area contributed by atoms with Gasteiger partial charge in [-0.3, -0.25) is 9.69 Å². The second-order valence-electron chi connectivity index (χ2n) is 5.49. The van der Waals surface area contributed by atoms with E-state index >= 15 is 0 Å². The molecule has 1 aliphatic heterocycles. The Balaban J connectivity index is 1.97. The van der Waals surface area contributed by atoms with Crippen molar-refractivity contribution in [3.63, 3.8) is 0 Å². The number of primary amides is 1. The number of carbonyl (C=O) groups excluding carboxylic acids is 1. The Labute approximate surface area is 117 Å². The third-order valence-corrected chi connectivity index (χ3v) is 4.10. The monoisotopic (exact) mass is 282 g/mol. The van der Waals surface area contributed by atoms with E-state index in [1.54, 1.807) is 0 Å². The van der Waals surface area contributed by atoms with Crippen molar-refractivity contribution in [2.75, 3.05) is 13.1 Å². The van der Waals surface area contributed by atoms with Gasteiger partial charge >= 0.3 is 0 Å². The fourth-order valence-corrected chi connectivity index (χ4v) is 2.87. The molecule has 0 bridgehead atoms. The number of hydrogen-bond donors (Lipinski definition) is 1. The van der Waals surface area contributed by atoms with E-state index in [1.807, 2.05) is 6.92 Å². The highest BCUT2D eigenvalue weighted by Crippen LogP contribution is 2.29. The maximum absolute atomic E-state index is 13.8. The predicted octanol–water partition coefficient (Wildman–Crippen LogP) is 2.61. The number of carbonyl (C=O) groups is 1. The normalized spacial score (nSPS) is 18.9. The molecule has 2 N–H and O–H groups in total. The molecule has 0 saturated carbocycles. The molecule has 3 nitrogen and oxygen atoms in total. The molecule has 1 saturated heterocycles. The van der Waals surface area contributed by atoms with E-state index in [2.05, 4.69) is 4.90 Å². The number of hydrogen-bond acceptors (Lipinski definition) is 2. The van der Waals surface area contributed by atoms with Crippen molar-refractivity contribution in [2.24, 2.45) is 11.7 Å². The Morgan fingerprint density at radius 2 is 2.05 bits per heavy atom. The Kier molecular flexibility index (Phi) is 4.70. The van der Waals surface area contributed by atoms with Crippen LogP contribution in [0.25, 0.3) is 0 Å². The van der Waals surface area contributed by atoms with Crippen LogP contribution in [-0.4, -0.2) is 23.9 Å². The van der Waals surface area contributed by atoms with Gasteiger partial charge in [0.15, 0.2) is 0 Å². The molecule has 0 spiro atoms. The molecule has 1 heterocycles. The fraction of sp³-hybridized carbons (Fsp3) is 0.533. The first-order valence-electron chi connectivity index (χ1n) is 6.94. The molecule has 1 aliphatic rings. The predicted molar refractivity (Wildman–Crippen MR) is 72.9 cm³/mol. The van der Waals surface area contributed by atoms with Crippen LogP contribution < -0.4 is 5.73 Å². The van der Waals surface area contributed by atoms with Gasteiger partial charge < -0.3 is 5.73 Å². The highest BCUT2D eigenvalue weighted by atomic mass is 19.1. The fourth-order valence-electron chi connectivity index (χ4n) is 2.87. The van der Waals surface area contributed by atoms with Crippen molar-refractivity contribution in [2.45, 2.75) is 32.2 Å². The summed E-state index contributed by atoms with van der Waals surface area (Å²) in [6.45, 7) is 3.52. The topological polar surface area (TPSA) is 46.3 Å². The highest BCUT2D eigenvalue weighted by molar-refractivity contribution is 5.73. The average Bonchev–Trinajstić information content (AvgIpc) is 2.38. The van der Waals surface area contributed by atoms with Crippen molar-refractivity contribution in [1.82, 2.24) is 4.90 Å². The first kappa shape index (κ1) is 14.9. The summed E-state index contributed by atoms with van der Waals surface area (Å²) in [5.41, 5.74) is 5.72. The molecule has 2 rings (SSSR count). The summed E-state index contributed by atoms with van der Waals surface area (Å²) >= 11 is 0. The van der Waals surface area contributed by atoms with E-state index in [0.717, 1.165) is 32.0 Å². The van der Waals surface area contributed by atoms with E-state index in [0.29, 0.717) is 17.9 Å². The molecule has 1 aromatic carbocycles. The van der Waals surface area contributed by atoms with Gasteiger partial charge in [-0.2, -0.15) is 0 Å². The Hall–Kier alpha value is -1.49. The van der Waals surface area contributed by atoms with E-state index < -0.39 is 11.6 Å². The van der Waals surface area contributed by atoms with Crippen molar-refractivity contribution < 1.29 is 13.6 Å². The van der Waals surface area contributed by atoms with Crippen molar-refractivity contribution in [3.05, 3.63) is 35.4 Å². The van der Waals surface area contributed by atoms with Crippen LogP contribution in [-0.2, 0) is 4.79 Å². The van der Waals surface area contributed by atoms with Crippen LogP contribution in [0.1, 0.15) is 37.8 Å². The van der Waals surface area contributed by atoms with Crippen LogP contribution in [0.4, 0.5) is 8.78 Å². The van der Waals surface area contributed by atoms with Crippen LogP contribution in [0.15, 0.2) is 18.2 Å². The summed E-state index contributed by atoms with van der Waals surface area (Å²) in [6.07, 6.45) is 2.19. The zero-order valence-corrected chi connectivity index (χ0v) is 11.6. The largest absolute Gasteiger partial charge is 0.370 e. The number of piperidine rings is 1. The number of amides is 1. The van der Waals surface area contributed by atoms with E-state index in [4.69, 9.17) is 5.73 Å². The Morgan fingerprint density at radius 3 is 2.60 bits per heavy atom. The zero-order chi connectivity index (χ0) is 14.7. The van der Waals surface area contributed by atoms with Gasteiger partial charge in [0.2, 0.25) is 5.91 Å². The minimum Gasteiger partial charge on any atom is -0.370 e. The zero-order valence-electron chi connectivity index (χ0n) is 11.6. The molecule has 1 amide bonds. The quantitative estimate of drug-likeness (QED) is 0.922. The lowest BCUT2D eigenvalue weighted by molar-refractivity contribution is -0.119. The van der Waals surface area contributed by atoms with Gasteiger partial charge in [0.25, 0.3) is 0 Å². The number of benzene rings is 1. The molecular formula is C15H20F2N2O. The number of halogens is 2. The lowest BCUT2D eigenvalue weighted by Gasteiger charge is -2.36. The van der Waals surface area contributed by atoms with Gasteiger partial charge in [-0.1, -0.05) is 6.07 Å². The molecule has 0 radical (unpaired) electrons. The maximum Gasteiger partial charge on any atom is 0.217 e. The molecule has 5 heteroatoms.